The number of rotatable bonds is 11. The Morgan fingerprint density at radius 2 is 1.88 bits per heavy atom. The third-order valence-electron chi connectivity index (χ3n) is 2.07. The van der Waals surface area contributed by atoms with E-state index in [1.54, 1.807) is 0 Å². The van der Waals surface area contributed by atoms with E-state index in [-0.39, 0.29) is 11.9 Å². The summed E-state index contributed by atoms with van der Waals surface area (Å²) in [6.45, 7) is 8.39. The van der Waals surface area contributed by atoms with Gasteiger partial charge in [-0.15, -0.1) is 0 Å². The Morgan fingerprint density at radius 1 is 1.18 bits per heavy atom. The first-order valence-corrected chi connectivity index (χ1v) is 7.93. The van der Waals surface area contributed by atoms with E-state index >= 15 is 0 Å². The third kappa shape index (κ3) is 12.1. The summed E-state index contributed by atoms with van der Waals surface area (Å²) in [5, 5.41) is 3.17. The molecule has 0 aromatic heterocycles. The Labute approximate surface area is 105 Å². The molecule has 0 saturated carbocycles. The molecule has 0 fully saturated rings. The number of nitrogens with one attached hydrogen (secondary N) is 2. The maximum absolute atomic E-state index is 11.5. The van der Waals surface area contributed by atoms with Crippen LogP contribution < -0.4 is 10.0 Å². The summed E-state index contributed by atoms with van der Waals surface area (Å²) < 4.78 is 30.8. The molecule has 2 N–H and O–H groups in total. The zero-order chi connectivity index (χ0) is 13.1. The lowest BCUT2D eigenvalue weighted by Crippen LogP contribution is -2.31. The molecule has 0 aromatic rings. The van der Waals surface area contributed by atoms with E-state index in [2.05, 4.69) is 17.0 Å². The molecule has 0 spiro atoms. The monoisotopic (exact) mass is 266 g/mol. The minimum Gasteiger partial charge on any atom is -0.377 e. The second-order valence-electron chi connectivity index (χ2n) is 4.24. The fraction of sp³-hybridized carbons (Fsp3) is 1.00. The SMILES string of the molecule is CCCNCCCS(=O)(=O)NCCOC(C)C. The van der Waals surface area contributed by atoms with Gasteiger partial charge in [-0.25, -0.2) is 13.1 Å². The lowest BCUT2D eigenvalue weighted by molar-refractivity contribution is 0.0834. The Hall–Kier alpha value is -0.170. The van der Waals surface area contributed by atoms with Crippen LogP contribution in [0.2, 0.25) is 0 Å². The summed E-state index contributed by atoms with van der Waals surface area (Å²) in [6, 6.07) is 0. The standard InChI is InChI=1S/C11H26N2O3S/c1-4-6-12-7-5-10-17(14,15)13-8-9-16-11(2)3/h11-13H,4-10H2,1-3H3. The Bertz CT molecular complexity index is 266. The van der Waals surface area contributed by atoms with Gasteiger partial charge in [-0.1, -0.05) is 6.92 Å². The van der Waals surface area contributed by atoms with E-state index in [4.69, 9.17) is 4.74 Å². The number of ether oxygens (including phenoxy) is 1. The van der Waals surface area contributed by atoms with Gasteiger partial charge in [-0.05, 0) is 39.8 Å². The van der Waals surface area contributed by atoms with Gasteiger partial charge < -0.3 is 10.1 Å². The number of hydrogen-bond donors (Lipinski definition) is 2. The van der Waals surface area contributed by atoms with Crippen LogP contribution >= 0.6 is 0 Å². The van der Waals surface area contributed by atoms with Crippen molar-refractivity contribution in [1.29, 1.82) is 0 Å². The molecule has 0 saturated heterocycles. The second kappa shape index (κ2) is 9.82. The average Bonchev–Trinajstić information content (AvgIpc) is 2.24. The highest BCUT2D eigenvalue weighted by Gasteiger charge is 2.08. The summed E-state index contributed by atoms with van der Waals surface area (Å²) in [7, 11) is -3.14. The quantitative estimate of drug-likeness (QED) is 0.541. The maximum Gasteiger partial charge on any atom is 0.211 e. The normalized spacial score (nSPS) is 12.2. The van der Waals surface area contributed by atoms with Gasteiger partial charge in [-0.3, -0.25) is 0 Å². The fourth-order valence-electron chi connectivity index (χ4n) is 1.25. The first-order chi connectivity index (χ1) is 7.98. The molecule has 0 heterocycles. The molecule has 0 unspecified atom stereocenters. The van der Waals surface area contributed by atoms with E-state index < -0.39 is 10.0 Å². The van der Waals surface area contributed by atoms with Gasteiger partial charge in [-0.2, -0.15) is 0 Å². The molecular weight excluding hydrogens is 240 g/mol. The van der Waals surface area contributed by atoms with Crippen LogP contribution in [-0.4, -0.2) is 46.5 Å². The van der Waals surface area contributed by atoms with E-state index in [1.807, 2.05) is 13.8 Å². The Kier molecular flexibility index (Phi) is 9.72. The molecule has 0 radical (unpaired) electrons. The van der Waals surface area contributed by atoms with Crippen LogP contribution in [0.1, 0.15) is 33.6 Å². The highest BCUT2D eigenvalue weighted by molar-refractivity contribution is 7.89. The first-order valence-electron chi connectivity index (χ1n) is 6.27. The largest absolute Gasteiger partial charge is 0.377 e. The summed E-state index contributed by atoms with van der Waals surface area (Å²) in [5.41, 5.74) is 0. The molecule has 0 aliphatic heterocycles. The molecule has 0 amide bonds. The summed E-state index contributed by atoms with van der Waals surface area (Å²) >= 11 is 0. The van der Waals surface area contributed by atoms with Crippen molar-refractivity contribution in [1.82, 2.24) is 10.0 Å². The molecule has 104 valence electrons. The summed E-state index contributed by atoms with van der Waals surface area (Å²) in [6.07, 6.45) is 1.84. The van der Waals surface area contributed by atoms with Crippen LogP contribution in [0.5, 0.6) is 0 Å². The Morgan fingerprint density at radius 3 is 2.47 bits per heavy atom. The smallest absolute Gasteiger partial charge is 0.211 e. The molecule has 17 heavy (non-hydrogen) atoms. The van der Waals surface area contributed by atoms with Crippen molar-refractivity contribution >= 4 is 10.0 Å². The van der Waals surface area contributed by atoms with E-state index in [0.29, 0.717) is 19.6 Å². The van der Waals surface area contributed by atoms with Crippen LogP contribution in [0.4, 0.5) is 0 Å². The zero-order valence-electron chi connectivity index (χ0n) is 11.2. The topological polar surface area (TPSA) is 67.4 Å². The molecular formula is C11H26N2O3S. The van der Waals surface area contributed by atoms with Crippen molar-refractivity contribution in [3.63, 3.8) is 0 Å². The van der Waals surface area contributed by atoms with Crippen molar-refractivity contribution < 1.29 is 13.2 Å². The fourth-order valence-corrected chi connectivity index (χ4v) is 2.32. The van der Waals surface area contributed by atoms with Crippen molar-refractivity contribution in [2.75, 3.05) is 32.0 Å². The summed E-state index contributed by atoms with van der Waals surface area (Å²) in [5.74, 6) is 0.172. The van der Waals surface area contributed by atoms with Gasteiger partial charge >= 0.3 is 0 Å². The van der Waals surface area contributed by atoms with Crippen molar-refractivity contribution in [2.45, 2.75) is 39.7 Å². The minimum absolute atomic E-state index is 0.137. The molecule has 6 heteroatoms. The Balaban J connectivity index is 3.52. The van der Waals surface area contributed by atoms with E-state index in [9.17, 15) is 8.42 Å². The number of sulfonamides is 1. The van der Waals surface area contributed by atoms with Gasteiger partial charge in [0.05, 0.1) is 18.5 Å². The van der Waals surface area contributed by atoms with Gasteiger partial charge in [0, 0.05) is 6.54 Å². The predicted octanol–water partition coefficient (Wildman–Crippen LogP) is 0.721. The maximum atomic E-state index is 11.5. The minimum atomic E-state index is -3.14. The molecule has 0 rings (SSSR count). The lowest BCUT2D eigenvalue weighted by atomic mass is 10.4. The third-order valence-corrected chi connectivity index (χ3v) is 3.54. The molecule has 0 aliphatic rings. The van der Waals surface area contributed by atoms with E-state index in [0.717, 1.165) is 19.5 Å². The van der Waals surface area contributed by atoms with Crippen LogP contribution in [0.15, 0.2) is 0 Å². The van der Waals surface area contributed by atoms with Crippen molar-refractivity contribution in [2.24, 2.45) is 0 Å². The molecule has 5 nitrogen and oxygen atoms in total. The highest BCUT2D eigenvalue weighted by Crippen LogP contribution is 1.90. The molecule has 0 bridgehead atoms. The van der Waals surface area contributed by atoms with Crippen LogP contribution in [0.25, 0.3) is 0 Å². The second-order valence-corrected chi connectivity index (χ2v) is 6.16. The molecule has 0 aromatic carbocycles. The summed E-state index contributed by atoms with van der Waals surface area (Å²) in [4.78, 5) is 0. The van der Waals surface area contributed by atoms with Gasteiger partial charge in [0.1, 0.15) is 0 Å². The number of hydrogen-bond acceptors (Lipinski definition) is 4. The van der Waals surface area contributed by atoms with Crippen LogP contribution in [0.3, 0.4) is 0 Å². The van der Waals surface area contributed by atoms with Gasteiger partial charge in [0.15, 0.2) is 0 Å². The van der Waals surface area contributed by atoms with Gasteiger partial charge in [0.2, 0.25) is 10.0 Å². The average molecular weight is 266 g/mol. The first kappa shape index (κ1) is 16.8. The van der Waals surface area contributed by atoms with Crippen molar-refractivity contribution in [3.05, 3.63) is 0 Å². The zero-order valence-corrected chi connectivity index (χ0v) is 12.0. The highest BCUT2D eigenvalue weighted by atomic mass is 32.2. The molecule has 0 atom stereocenters. The van der Waals surface area contributed by atoms with Crippen molar-refractivity contribution in [3.8, 4) is 0 Å². The molecule has 0 aliphatic carbocycles. The van der Waals surface area contributed by atoms with E-state index in [1.165, 1.54) is 0 Å². The van der Waals surface area contributed by atoms with Gasteiger partial charge in [0.25, 0.3) is 0 Å². The van der Waals surface area contributed by atoms with Crippen LogP contribution in [0, 0.1) is 0 Å². The van der Waals surface area contributed by atoms with Crippen LogP contribution in [-0.2, 0) is 14.8 Å². The predicted molar refractivity (Wildman–Crippen MR) is 70.7 cm³/mol. The lowest BCUT2D eigenvalue weighted by Gasteiger charge is -2.09.